The first kappa shape index (κ1) is 23.2. The lowest BCUT2D eigenvalue weighted by Gasteiger charge is -2.32. The number of halogens is 1. The first-order valence-corrected chi connectivity index (χ1v) is 9.45. The molecular weight excluding hydrogens is 358 g/mol. The van der Waals surface area contributed by atoms with Gasteiger partial charge in [-0.3, -0.25) is 9.69 Å². The molecule has 0 bridgehead atoms. The second kappa shape index (κ2) is 10.5. The molecule has 0 radical (unpaired) electrons. The molecule has 1 atom stereocenters. The molecule has 0 aliphatic rings. The summed E-state index contributed by atoms with van der Waals surface area (Å²) in [5, 5.41) is 10.5. The van der Waals surface area contributed by atoms with Crippen molar-refractivity contribution in [2.45, 2.75) is 59.0 Å². The van der Waals surface area contributed by atoms with Crippen LogP contribution >= 0.6 is 12.4 Å². The Labute approximate surface area is 169 Å². The lowest BCUT2D eigenvalue weighted by atomic mass is 9.86. The van der Waals surface area contributed by atoms with Crippen molar-refractivity contribution in [2.75, 3.05) is 6.54 Å². The molecule has 0 unspecified atom stereocenters. The monoisotopic (exact) mass is 389 g/mol. The minimum Gasteiger partial charge on any atom is -0.508 e. The minimum atomic E-state index is 0. The van der Waals surface area contributed by atoms with Gasteiger partial charge < -0.3 is 5.11 Å². The highest BCUT2D eigenvalue weighted by Gasteiger charge is 2.22. The number of ketones is 1. The summed E-state index contributed by atoms with van der Waals surface area (Å²) < 4.78 is 0. The summed E-state index contributed by atoms with van der Waals surface area (Å²) in [6.45, 7) is 11.3. The fourth-order valence-corrected chi connectivity index (χ4v) is 3.63. The van der Waals surface area contributed by atoms with Gasteiger partial charge in [0.05, 0.1) is 0 Å². The van der Waals surface area contributed by atoms with Crippen molar-refractivity contribution >= 4 is 18.2 Å². The SMILES string of the molecule is CC(=O)c1ccc(O)c([C@H](CCN(C(C)C)C(C)C)c2ccccc2)c1.Cl. The molecule has 0 spiro atoms. The Morgan fingerprint density at radius 1 is 1.00 bits per heavy atom. The molecule has 2 aromatic carbocycles. The van der Waals surface area contributed by atoms with Crippen LogP contribution in [0.3, 0.4) is 0 Å². The van der Waals surface area contributed by atoms with Crippen LogP contribution in [0.2, 0.25) is 0 Å². The third kappa shape index (κ3) is 6.08. The molecule has 148 valence electrons. The summed E-state index contributed by atoms with van der Waals surface area (Å²) in [7, 11) is 0. The van der Waals surface area contributed by atoms with Gasteiger partial charge in [0.25, 0.3) is 0 Å². The van der Waals surface area contributed by atoms with E-state index in [4.69, 9.17) is 0 Å². The molecule has 0 heterocycles. The van der Waals surface area contributed by atoms with Crippen molar-refractivity contribution in [1.82, 2.24) is 4.90 Å². The van der Waals surface area contributed by atoms with E-state index in [0.717, 1.165) is 24.1 Å². The van der Waals surface area contributed by atoms with E-state index in [1.54, 1.807) is 19.1 Å². The van der Waals surface area contributed by atoms with Crippen molar-refractivity contribution in [3.8, 4) is 5.75 Å². The number of rotatable bonds is 8. The zero-order valence-corrected chi connectivity index (χ0v) is 17.8. The van der Waals surface area contributed by atoms with Crippen molar-refractivity contribution in [3.63, 3.8) is 0 Å². The lowest BCUT2D eigenvalue weighted by molar-refractivity contribution is 0.101. The van der Waals surface area contributed by atoms with Crippen LogP contribution in [-0.2, 0) is 0 Å². The van der Waals surface area contributed by atoms with Crippen LogP contribution in [0.25, 0.3) is 0 Å². The summed E-state index contributed by atoms with van der Waals surface area (Å²) in [6, 6.07) is 16.4. The Morgan fingerprint density at radius 3 is 2.11 bits per heavy atom. The van der Waals surface area contributed by atoms with Gasteiger partial charge in [-0.2, -0.15) is 0 Å². The fraction of sp³-hybridized carbons (Fsp3) is 0.435. The number of carbonyl (C=O) groups excluding carboxylic acids is 1. The minimum absolute atomic E-state index is 0. The maximum absolute atomic E-state index is 11.8. The van der Waals surface area contributed by atoms with E-state index < -0.39 is 0 Å². The lowest BCUT2D eigenvalue weighted by Crippen LogP contribution is -2.38. The van der Waals surface area contributed by atoms with E-state index >= 15 is 0 Å². The Kier molecular flexibility index (Phi) is 9.01. The van der Waals surface area contributed by atoms with Gasteiger partial charge in [0.2, 0.25) is 0 Å². The smallest absolute Gasteiger partial charge is 0.159 e. The van der Waals surface area contributed by atoms with Crippen LogP contribution in [0.4, 0.5) is 0 Å². The molecule has 0 fully saturated rings. The van der Waals surface area contributed by atoms with Gasteiger partial charge in [0.15, 0.2) is 5.78 Å². The molecule has 0 amide bonds. The number of benzene rings is 2. The molecule has 0 aliphatic carbocycles. The fourth-order valence-electron chi connectivity index (χ4n) is 3.63. The Balaban J connectivity index is 0.00000364. The zero-order chi connectivity index (χ0) is 19.3. The molecule has 1 N–H and O–H groups in total. The topological polar surface area (TPSA) is 40.5 Å². The molecule has 4 heteroatoms. The van der Waals surface area contributed by atoms with Crippen molar-refractivity contribution in [2.24, 2.45) is 0 Å². The second-order valence-electron chi connectivity index (χ2n) is 7.51. The van der Waals surface area contributed by atoms with Gasteiger partial charge in [0.1, 0.15) is 5.75 Å². The van der Waals surface area contributed by atoms with Gasteiger partial charge in [-0.25, -0.2) is 0 Å². The van der Waals surface area contributed by atoms with Gasteiger partial charge in [-0.15, -0.1) is 12.4 Å². The standard InChI is InChI=1S/C23H31NO2.ClH/c1-16(2)24(17(3)4)14-13-21(19-9-7-6-8-10-19)22-15-20(18(5)25)11-12-23(22)26;/h6-12,15-17,21,26H,13-14H2,1-5H3;1H/t21-;/m1./s1. The Morgan fingerprint density at radius 2 is 1.59 bits per heavy atom. The largest absolute Gasteiger partial charge is 0.508 e. The maximum atomic E-state index is 11.8. The van der Waals surface area contributed by atoms with Gasteiger partial charge in [-0.05, 0) is 71.3 Å². The normalized spacial score (nSPS) is 12.3. The zero-order valence-electron chi connectivity index (χ0n) is 17.0. The molecule has 3 nitrogen and oxygen atoms in total. The third-order valence-electron chi connectivity index (χ3n) is 5.01. The van der Waals surface area contributed by atoms with Gasteiger partial charge >= 0.3 is 0 Å². The van der Waals surface area contributed by atoms with Crippen molar-refractivity contribution < 1.29 is 9.90 Å². The summed E-state index contributed by atoms with van der Waals surface area (Å²) in [4.78, 5) is 14.3. The van der Waals surface area contributed by atoms with E-state index in [-0.39, 0.29) is 29.9 Å². The molecule has 2 aromatic rings. The van der Waals surface area contributed by atoms with Crippen LogP contribution in [0.5, 0.6) is 5.75 Å². The number of carbonyl (C=O) groups is 1. The van der Waals surface area contributed by atoms with Crippen molar-refractivity contribution in [3.05, 3.63) is 65.2 Å². The average molecular weight is 390 g/mol. The highest BCUT2D eigenvalue weighted by molar-refractivity contribution is 5.94. The van der Waals surface area contributed by atoms with Crippen LogP contribution in [-0.4, -0.2) is 34.4 Å². The quantitative estimate of drug-likeness (QED) is 0.592. The van der Waals surface area contributed by atoms with Crippen LogP contribution in [0.1, 0.15) is 68.4 Å². The number of phenolic OH excluding ortho intramolecular Hbond substituents is 1. The highest BCUT2D eigenvalue weighted by Crippen LogP contribution is 2.35. The molecule has 27 heavy (non-hydrogen) atoms. The number of nitrogens with zero attached hydrogens (tertiary/aromatic N) is 1. The first-order chi connectivity index (χ1) is 12.3. The van der Waals surface area contributed by atoms with Crippen LogP contribution in [0, 0.1) is 0 Å². The summed E-state index contributed by atoms with van der Waals surface area (Å²) in [6.07, 6.45) is 0.884. The molecule has 0 saturated heterocycles. The van der Waals surface area contributed by atoms with E-state index in [1.165, 1.54) is 0 Å². The molecule has 0 saturated carbocycles. The number of aromatic hydroxyl groups is 1. The Bertz CT molecular complexity index is 720. The average Bonchev–Trinajstić information content (AvgIpc) is 2.59. The first-order valence-electron chi connectivity index (χ1n) is 9.45. The molecule has 0 aliphatic heterocycles. The number of phenols is 1. The summed E-state index contributed by atoms with van der Waals surface area (Å²) >= 11 is 0. The van der Waals surface area contributed by atoms with E-state index in [9.17, 15) is 9.90 Å². The van der Waals surface area contributed by atoms with Crippen LogP contribution < -0.4 is 0 Å². The maximum Gasteiger partial charge on any atom is 0.159 e. The van der Waals surface area contributed by atoms with E-state index in [1.807, 2.05) is 24.3 Å². The third-order valence-corrected chi connectivity index (χ3v) is 5.01. The van der Waals surface area contributed by atoms with Gasteiger partial charge in [-0.1, -0.05) is 30.3 Å². The number of hydrogen-bond acceptors (Lipinski definition) is 3. The van der Waals surface area contributed by atoms with E-state index in [2.05, 4.69) is 44.7 Å². The van der Waals surface area contributed by atoms with E-state index in [0.29, 0.717) is 17.6 Å². The summed E-state index contributed by atoms with van der Waals surface area (Å²) in [5.41, 5.74) is 2.63. The number of hydrogen-bond donors (Lipinski definition) is 1. The summed E-state index contributed by atoms with van der Waals surface area (Å²) in [5.74, 6) is 0.323. The van der Waals surface area contributed by atoms with Gasteiger partial charge in [0, 0.05) is 29.1 Å². The predicted molar refractivity (Wildman–Crippen MR) is 115 cm³/mol. The van der Waals surface area contributed by atoms with Crippen LogP contribution in [0.15, 0.2) is 48.5 Å². The molecule has 0 aromatic heterocycles. The Hall–Kier alpha value is -1.84. The second-order valence-corrected chi connectivity index (χ2v) is 7.51. The highest BCUT2D eigenvalue weighted by atomic mass is 35.5. The predicted octanol–water partition coefficient (Wildman–Crippen LogP) is 5.66. The molecule has 2 rings (SSSR count). The number of Topliss-reactive ketones (excluding diaryl/α,β-unsaturated/α-hetero) is 1. The van der Waals surface area contributed by atoms with Crippen molar-refractivity contribution in [1.29, 1.82) is 0 Å². The molecular formula is C23H32ClNO2.